The van der Waals surface area contributed by atoms with Crippen LogP contribution in [0, 0.1) is 0 Å². The summed E-state index contributed by atoms with van der Waals surface area (Å²) in [6.45, 7) is 5.87. The normalized spacial score (nSPS) is 20.5. The third kappa shape index (κ3) is 5.45. The van der Waals surface area contributed by atoms with Gasteiger partial charge in [0.15, 0.2) is 5.17 Å². The zero-order valence-electron chi connectivity index (χ0n) is 21.9. The molecule has 2 amide bonds. The van der Waals surface area contributed by atoms with Crippen molar-refractivity contribution in [1.82, 2.24) is 14.4 Å². The molecule has 3 aliphatic rings. The number of aliphatic imine (C=N–C) groups is 1. The molecule has 0 unspecified atom stereocenters. The van der Waals surface area contributed by atoms with Gasteiger partial charge in [-0.1, -0.05) is 18.2 Å². The maximum atomic E-state index is 13.2. The summed E-state index contributed by atoms with van der Waals surface area (Å²) in [6.07, 6.45) is 3.87. The van der Waals surface area contributed by atoms with Gasteiger partial charge in [0.25, 0.3) is 5.91 Å². The van der Waals surface area contributed by atoms with Crippen LogP contribution in [-0.4, -0.2) is 91.0 Å². The molecule has 9 nitrogen and oxygen atoms in total. The highest BCUT2D eigenvalue weighted by atomic mass is 32.2. The summed E-state index contributed by atoms with van der Waals surface area (Å²) < 4.78 is 12.8. The number of amidine groups is 1. The van der Waals surface area contributed by atoms with Crippen molar-refractivity contribution < 1.29 is 19.1 Å². The van der Waals surface area contributed by atoms with Crippen LogP contribution in [0.3, 0.4) is 0 Å². The quantitative estimate of drug-likeness (QED) is 0.456. The summed E-state index contributed by atoms with van der Waals surface area (Å²) >= 11 is 1.37. The molecule has 39 heavy (non-hydrogen) atoms. The molecule has 0 aliphatic carbocycles. The number of morpholine rings is 2. The van der Waals surface area contributed by atoms with Gasteiger partial charge >= 0.3 is 0 Å². The number of amides is 2. The zero-order chi connectivity index (χ0) is 26.8. The Bertz CT molecular complexity index is 1440. The van der Waals surface area contributed by atoms with Crippen molar-refractivity contribution in [3.8, 4) is 0 Å². The number of ether oxygens (including phenoxy) is 2. The lowest BCUT2D eigenvalue weighted by Gasteiger charge is -2.28. The molecule has 0 atom stereocenters. The number of aromatic nitrogens is 1. The van der Waals surface area contributed by atoms with Gasteiger partial charge < -0.3 is 23.8 Å². The summed E-state index contributed by atoms with van der Waals surface area (Å²) in [5.41, 5.74) is 3.81. The van der Waals surface area contributed by atoms with E-state index in [2.05, 4.69) is 17.0 Å². The Morgan fingerprint density at radius 3 is 2.41 bits per heavy atom. The SMILES string of the molecule is CN1C(=O)/C(=C/c2cn(CC(=O)N3CCOCC3)c3ccccc23)SC1=Nc1ccc(N2CCOCC2)cc1. The summed E-state index contributed by atoms with van der Waals surface area (Å²) in [5, 5.41) is 1.64. The molecule has 0 bridgehead atoms. The van der Waals surface area contributed by atoms with Gasteiger partial charge in [-0.2, -0.15) is 0 Å². The number of fused-ring (bicyclic) bond motifs is 1. The Morgan fingerprint density at radius 2 is 1.67 bits per heavy atom. The summed E-state index contributed by atoms with van der Waals surface area (Å²) in [5.74, 6) is -0.0247. The topological polar surface area (TPSA) is 79.6 Å². The van der Waals surface area contributed by atoms with Crippen LogP contribution in [0.25, 0.3) is 17.0 Å². The second kappa shape index (κ2) is 11.3. The highest BCUT2D eigenvalue weighted by molar-refractivity contribution is 8.18. The van der Waals surface area contributed by atoms with Gasteiger partial charge in [-0.05, 0) is 48.2 Å². The molecule has 0 saturated carbocycles. The first-order chi connectivity index (χ1) is 19.1. The number of thioether (sulfide) groups is 1. The molecule has 3 saturated heterocycles. The predicted octanol–water partition coefficient (Wildman–Crippen LogP) is 3.57. The lowest BCUT2D eigenvalue weighted by molar-refractivity contribution is -0.135. The number of hydrogen-bond donors (Lipinski definition) is 0. The van der Waals surface area contributed by atoms with E-state index in [1.54, 1.807) is 11.9 Å². The largest absolute Gasteiger partial charge is 0.378 e. The van der Waals surface area contributed by atoms with Crippen LogP contribution in [0.5, 0.6) is 0 Å². The summed E-state index contributed by atoms with van der Waals surface area (Å²) in [7, 11) is 1.75. The number of para-hydroxylation sites is 1. The smallest absolute Gasteiger partial charge is 0.266 e. The minimum Gasteiger partial charge on any atom is -0.378 e. The predicted molar refractivity (Wildman–Crippen MR) is 154 cm³/mol. The molecule has 3 aromatic rings. The molecular formula is C29H31N5O4S. The van der Waals surface area contributed by atoms with Crippen LogP contribution in [0.15, 0.2) is 64.6 Å². The number of carbonyl (C=O) groups excluding carboxylic acids is 2. The molecule has 10 heteroatoms. The van der Waals surface area contributed by atoms with Gasteiger partial charge in [0.05, 0.1) is 37.0 Å². The van der Waals surface area contributed by atoms with Crippen LogP contribution in [0.1, 0.15) is 5.56 Å². The van der Waals surface area contributed by atoms with Crippen LogP contribution in [0.4, 0.5) is 11.4 Å². The number of likely N-dealkylation sites (N-methyl/N-ethyl adjacent to an activating group) is 1. The third-order valence-electron chi connectivity index (χ3n) is 7.23. The lowest BCUT2D eigenvalue weighted by atomic mass is 10.1. The first-order valence-corrected chi connectivity index (χ1v) is 14.0. The molecule has 3 fully saturated rings. The summed E-state index contributed by atoms with van der Waals surface area (Å²) in [4.78, 5) is 37.2. The first-order valence-electron chi connectivity index (χ1n) is 13.2. The fraction of sp³-hybridized carbons (Fsp3) is 0.345. The monoisotopic (exact) mass is 545 g/mol. The minimum absolute atomic E-state index is 0.0679. The number of rotatable bonds is 5. The average Bonchev–Trinajstić information content (AvgIpc) is 3.46. The fourth-order valence-corrected chi connectivity index (χ4v) is 6.02. The molecule has 0 N–H and O–H groups in total. The van der Waals surface area contributed by atoms with Crippen LogP contribution in [-0.2, 0) is 25.6 Å². The Hall–Kier alpha value is -3.60. The molecule has 4 heterocycles. The zero-order valence-corrected chi connectivity index (χ0v) is 22.7. The van der Waals surface area contributed by atoms with E-state index >= 15 is 0 Å². The standard InChI is InChI=1S/C29H31N5O4S/c1-31-28(36)26(39-29(31)30-22-6-8-23(9-7-22)32-10-14-37-15-11-32)18-21-19-34(25-5-3-2-4-24(21)25)20-27(35)33-12-16-38-17-13-33/h2-9,18-19H,10-17,20H2,1H3/b26-18-,30-29?. The highest BCUT2D eigenvalue weighted by Crippen LogP contribution is 2.35. The van der Waals surface area contributed by atoms with E-state index in [0.717, 1.165) is 54.1 Å². The van der Waals surface area contributed by atoms with Gasteiger partial charge in [-0.3, -0.25) is 14.5 Å². The lowest BCUT2D eigenvalue weighted by Crippen LogP contribution is -2.42. The Morgan fingerprint density at radius 1 is 0.974 bits per heavy atom. The second-order valence-corrected chi connectivity index (χ2v) is 10.7. The molecule has 2 aromatic carbocycles. The minimum atomic E-state index is -0.0927. The number of nitrogens with zero attached hydrogens (tertiary/aromatic N) is 5. The number of carbonyl (C=O) groups is 2. The van der Waals surface area contributed by atoms with E-state index in [1.807, 2.05) is 58.1 Å². The number of benzene rings is 2. The molecular weight excluding hydrogens is 514 g/mol. The van der Waals surface area contributed by atoms with E-state index in [4.69, 9.17) is 14.5 Å². The molecule has 0 spiro atoms. The van der Waals surface area contributed by atoms with Crippen molar-refractivity contribution in [3.05, 3.63) is 65.2 Å². The third-order valence-corrected chi connectivity index (χ3v) is 8.29. The maximum absolute atomic E-state index is 13.2. The van der Waals surface area contributed by atoms with Crippen molar-refractivity contribution in [2.75, 3.05) is 64.6 Å². The highest BCUT2D eigenvalue weighted by Gasteiger charge is 2.31. The maximum Gasteiger partial charge on any atom is 0.266 e. The van der Waals surface area contributed by atoms with Gasteiger partial charge in [0.2, 0.25) is 5.91 Å². The first kappa shape index (κ1) is 25.7. The van der Waals surface area contributed by atoms with Crippen LogP contribution >= 0.6 is 11.8 Å². The van der Waals surface area contributed by atoms with Crippen molar-refractivity contribution in [3.63, 3.8) is 0 Å². The average molecular weight is 546 g/mol. The number of hydrogen-bond acceptors (Lipinski definition) is 7. The van der Waals surface area contributed by atoms with E-state index < -0.39 is 0 Å². The van der Waals surface area contributed by atoms with Gasteiger partial charge in [0, 0.05) is 61.6 Å². The van der Waals surface area contributed by atoms with Crippen molar-refractivity contribution in [1.29, 1.82) is 0 Å². The van der Waals surface area contributed by atoms with E-state index in [0.29, 0.717) is 36.4 Å². The van der Waals surface area contributed by atoms with E-state index in [9.17, 15) is 9.59 Å². The van der Waals surface area contributed by atoms with Crippen LogP contribution in [0.2, 0.25) is 0 Å². The van der Waals surface area contributed by atoms with Crippen molar-refractivity contribution >= 4 is 57.1 Å². The molecule has 202 valence electrons. The Labute approximate surface area is 231 Å². The summed E-state index contributed by atoms with van der Waals surface area (Å²) in [6, 6.07) is 16.1. The Kier molecular flexibility index (Phi) is 7.40. The van der Waals surface area contributed by atoms with Gasteiger partial charge in [-0.15, -0.1) is 0 Å². The van der Waals surface area contributed by atoms with Gasteiger partial charge in [-0.25, -0.2) is 4.99 Å². The van der Waals surface area contributed by atoms with Crippen LogP contribution < -0.4 is 4.90 Å². The van der Waals surface area contributed by atoms with Crippen molar-refractivity contribution in [2.45, 2.75) is 6.54 Å². The molecule has 0 radical (unpaired) electrons. The van der Waals surface area contributed by atoms with Gasteiger partial charge in [0.1, 0.15) is 6.54 Å². The fourth-order valence-electron chi connectivity index (χ4n) is 5.04. The van der Waals surface area contributed by atoms with E-state index in [-0.39, 0.29) is 18.4 Å². The molecule has 3 aliphatic heterocycles. The molecule has 6 rings (SSSR count). The second-order valence-electron chi connectivity index (χ2n) is 9.71. The van der Waals surface area contributed by atoms with E-state index in [1.165, 1.54) is 11.8 Å². The molecule has 1 aromatic heterocycles. The Balaban J connectivity index is 1.23. The van der Waals surface area contributed by atoms with Crippen molar-refractivity contribution in [2.24, 2.45) is 4.99 Å². The number of anilines is 1.